The van der Waals surface area contributed by atoms with E-state index in [0.29, 0.717) is 6.42 Å². The van der Waals surface area contributed by atoms with E-state index < -0.39 is 0 Å². The summed E-state index contributed by atoms with van der Waals surface area (Å²) in [6, 6.07) is 10.2. The lowest BCUT2D eigenvalue weighted by atomic mass is 9.86. The molecule has 2 aromatic rings. The number of carbonyl (C=O) groups excluding carboxylic acids is 1. The Bertz CT molecular complexity index is 864. The van der Waals surface area contributed by atoms with E-state index in [1.54, 1.807) is 0 Å². The molecule has 3 aliphatic heterocycles. The molecule has 0 N–H and O–H groups in total. The molecule has 0 unspecified atom stereocenters. The van der Waals surface area contributed by atoms with Crippen molar-refractivity contribution in [3.63, 3.8) is 0 Å². The Morgan fingerprint density at radius 1 is 1.15 bits per heavy atom. The van der Waals surface area contributed by atoms with E-state index in [1.165, 1.54) is 9.75 Å². The molecule has 0 bridgehead atoms. The summed E-state index contributed by atoms with van der Waals surface area (Å²) in [6.45, 7) is 6.27. The van der Waals surface area contributed by atoms with Crippen molar-refractivity contribution >= 4 is 22.9 Å². The molecule has 26 heavy (non-hydrogen) atoms. The third-order valence-corrected chi connectivity index (χ3v) is 6.67. The van der Waals surface area contributed by atoms with Crippen molar-refractivity contribution in [1.82, 2.24) is 4.90 Å². The van der Waals surface area contributed by atoms with Gasteiger partial charge in [0, 0.05) is 53.0 Å². The summed E-state index contributed by atoms with van der Waals surface area (Å²) in [7, 11) is 0. The smallest absolute Gasteiger partial charge is 0.231 e. The molecule has 1 amide bonds. The molecule has 5 nitrogen and oxygen atoms in total. The molecule has 1 spiro atoms. The van der Waals surface area contributed by atoms with Crippen molar-refractivity contribution in [3.05, 3.63) is 40.1 Å². The molecule has 1 atom stereocenters. The van der Waals surface area contributed by atoms with E-state index >= 15 is 0 Å². The van der Waals surface area contributed by atoms with Crippen LogP contribution in [0, 0.1) is 12.3 Å². The van der Waals surface area contributed by atoms with E-state index in [2.05, 4.69) is 24.0 Å². The lowest BCUT2D eigenvalue weighted by molar-refractivity contribution is -0.117. The van der Waals surface area contributed by atoms with Gasteiger partial charge in [0.15, 0.2) is 11.5 Å². The third-order valence-electron chi connectivity index (χ3n) is 5.68. The quantitative estimate of drug-likeness (QED) is 0.830. The Balaban J connectivity index is 1.30. The number of amides is 1. The summed E-state index contributed by atoms with van der Waals surface area (Å²) in [4.78, 5) is 19.9. The zero-order valence-corrected chi connectivity index (χ0v) is 15.7. The fraction of sp³-hybridized carbons (Fsp3) is 0.450. The van der Waals surface area contributed by atoms with Gasteiger partial charge in [0.25, 0.3) is 0 Å². The van der Waals surface area contributed by atoms with Crippen molar-refractivity contribution in [2.75, 3.05) is 31.3 Å². The molecule has 0 aliphatic carbocycles. The molecule has 3 aliphatic rings. The van der Waals surface area contributed by atoms with Crippen LogP contribution in [0.3, 0.4) is 0 Å². The van der Waals surface area contributed by atoms with Gasteiger partial charge in [-0.15, -0.1) is 11.3 Å². The number of hydrogen-bond acceptors (Lipinski definition) is 5. The summed E-state index contributed by atoms with van der Waals surface area (Å²) in [5.74, 6) is 1.71. The summed E-state index contributed by atoms with van der Waals surface area (Å²) >= 11 is 1.87. The first-order valence-corrected chi connectivity index (χ1v) is 9.90. The minimum absolute atomic E-state index is 0.0831. The number of benzene rings is 1. The van der Waals surface area contributed by atoms with Gasteiger partial charge < -0.3 is 14.4 Å². The van der Waals surface area contributed by atoms with Crippen LogP contribution in [0.5, 0.6) is 11.5 Å². The number of ether oxygens (including phenoxy) is 2. The van der Waals surface area contributed by atoms with Crippen LogP contribution in [0.25, 0.3) is 0 Å². The molecule has 1 aromatic carbocycles. The Labute approximate surface area is 157 Å². The number of aryl methyl sites for hydroxylation is 1. The first kappa shape index (κ1) is 16.1. The van der Waals surface area contributed by atoms with Crippen LogP contribution >= 0.6 is 11.3 Å². The molecule has 5 rings (SSSR count). The Morgan fingerprint density at radius 2 is 2.04 bits per heavy atom. The molecule has 0 saturated carbocycles. The number of fused-ring (bicyclic) bond motifs is 1. The lowest BCUT2D eigenvalue weighted by Crippen LogP contribution is -2.31. The van der Waals surface area contributed by atoms with Crippen LogP contribution in [-0.4, -0.2) is 37.2 Å². The number of carbonyl (C=O) groups is 1. The molecule has 4 heterocycles. The van der Waals surface area contributed by atoms with Crippen LogP contribution in [0.1, 0.15) is 22.6 Å². The van der Waals surface area contributed by atoms with Crippen molar-refractivity contribution in [2.24, 2.45) is 5.41 Å². The van der Waals surface area contributed by atoms with Crippen molar-refractivity contribution in [2.45, 2.75) is 26.3 Å². The Hall–Kier alpha value is -2.05. The third kappa shape index (κ3) is 2.77. The molecule has 1 aromatic heterocycles. The van der Waals surface area contributed by atoms with Crippen LogP contribution in [0.15, 0.2) is 30.3 Å². The summed E-state index contributed by atoms with van der Waals surface area (Å²) in [6.07, 6.45) is 1.73. The van der Waals surface area contributed by atoms with Crippen LogP contribution < -0.4 is 14.4 Å². The highest BCUT2D eigenvalue weighted by atomic mass is 32.1. The molecular weight excluding hydrogens is 348 g/mol. The number of likely N-dealkylation sites (tertiary alicyclic amines) is 1. The first-order chi connectivity index (χ1) is 12.6. The van der Waals surface area contributed by atoms with Crippen LogP contribution in [-0.2, 0) is 11.3 Å². The Morgan fingerprint density at radius 3 is 2.88 bits per heavy atom. The summed E-state index contributed by atoms with van der Waals surface area (Å²) < 4.78 is 10.8. The monoisotopic (exact) mass is 370 g/mol. The maximum absolute atomic E-state index is 12.7. The molecule has 2 saturated heterocycles. The van der Waals surface area contributed by atoms with Gasteiger partial charge in [0.2, 0.25) is 12.7 Å². The molecule has 136 valence electrons. The van der Waals surface area contributed by atoms with E-state index in [1.807, 2.05) is 34.4 Å². The van der Waals surface area contributed by atoms with Gasteiger partial charge >= 0.3 is 0 Å². The highest BCUT2D eigenvalue weighted by Gasteiger charge is 2.47. The molecule has 6 heteroatoms. The Kier molecular flexibility index (Phi) is 3.72. The molecule has 2 fully saturated rings. The van der Waals surface area contributed by atoms with Gasteiger partial charge in [0.1, 0.15) is 0 Å². The second-order valence-corrected chi connectivity index (χ2v) is 9.04. The van der Waals surface area contributed by atoms with Gasteiger partial charge in [-0.25, -0.2) is 0 Å². The minimum atomic E-state index is 0.0831. The predicted molar refractivity (Wildman–Crippen MR) is 101 cm³/mol. The van der Waals surface area contributed by atoms with Crippen molar-refractivity contribution in [3.8, 4) is 11.5 Å². The normalized spacial score (nSPS) is 25.0. The SMILES string of the molecule is Cc1ccc(CN2CC[C@]3(CC(=O)N(c4ccc5c(c4)OCO5)C3)C2)s1. The first-order valence-electron chi connectivity index (χ1n) is 9.08. The van der Waals surface area contributed by atoms with E-state index in [4.69, 9.17) is 9.47 Å². The molecular formula is C20H22N2O3S. The number of hydrogen-bond donors (Lipinski definition) is 0. The standard InChI is InChI=1S/C20H22N2O3S/c1-14-2-4-16(26-14)10-21-7-6-20(11-21)9-19(23)22(12-20)15-3-5-17-18(8-15)25-13-24-17/h2-5,8H,6-7,9-13H2,1H3/t20-/m0/s1. The van der Waals surface area contributed by atoms with E-state index in [-0.39, 0.29) is 18.1 Å². The zero-order valence-electron chi connectivity index (χ0n) is 14.9. The number of nitrogens with zero attached hydrogens (tertiary/aromatic N) is 2. The van der Waals surface area contributed by atoms with Gasteiger partial charge in [-0.05, 0) is 44.2 Å². The predicted octanol–water partition coefficient (Wildman–Crippen LogP) is 3.41. The van der Waals surface area contributed by atoms with E-state index in [9.17, 15) is 4.79 Å². The number of anilines is 1. The number of rotatable bonds is 3. The van der Waals surface area contributed by atoms with Gasteiger partial charge in [-0.3, -0.25) is 9.69 Å². The fourth-order valence-electron chi connectivity index (χ4n) is 4.41. The highest BCUT2D eigenvalue weighted by Crippen LogP contribution is 2.44. The minimum Gasteiger partial charge on any atom is -0.454 e. The van der Waals surface area contributed by atoms with Gasteiger partial charge in [0.05, 0.1) is 0 Å². The van der Waals surface area contributed by atoms with Gasteiger partial charge in [-0.2, -0.15) is 0 Å². The number of thiophene rings is 1. The zero-order chi connectivity index (χ0) is 17.7. The molecule has 0 radical (unpaired) electrons. The summed E-state index contributed by atoms with van der Waals surface area (Å²) in [5, 5.41) is 0. The second-order valence-electron chi connectivity index (χ2n) is 7.67. The fourth-order valence-corrected chi connectivity index (χ4v) is 5.34. The topological polar surface area (TPSA) is 42.0 Å². The second kappa shape index (κ2) is 5.99. The summed E-state index contributed by atoms with van der Waals surface area (Å²) in [5.41, 5.74) is 1.00. The average Bonchev–Trinajstić information content (AvgIpc) is 3.37. The van der Waals surface area contributed by atoms with E-state index in [0.717, 1.165) is 49.8 Å². The highest BCUT2D eigenvalue weighted by molar-refractivity contribution is 7.11. The van der Waals surface area contributed by atoms with Crippen molar-refractivity contribution < 1.29 is 14.3 Å². The van der Waals surface area contributed by atoms with Crippen LogP contribution in [0.4, 0.5) is 5.69 Å². The van der Waals surface area contributed by atoms with Gasteiger partial charge in [-0.1, -0.05) is 0 Å². The van der Waals surface area contributed by atoms with Crippen LogP contribution in [0.2, 0.25) is 0 Å². The average molecular weight is 370 g/mol. The van der Waals surface area contributed by atoms with Crippen molar-refractivity contribution in [1.29, 1.82) is 0 Å². The maximum atomic E-state index is 12.7. The maximum Gasteiger partial charge on any atom is 0.231 e. The lowest BCUT2D eigenvalue weighted by Gasteiger charge is -2.24. The largest absolute Gasteiger partial charge is 0.454 e.